The first-order chi connectivity index (χ1) is 8.17. The number of benzene rings is 1. The smallest absolute Gasteiger partial charge is 0.124 e. The summed E-state index contributed by atoms with van der Waals surface area (Å²) in [4.78, 5) is 2.21. The summed E-state index contributed by atoms with van der Waals surface area (Å²) in [5, 5.41) is 8.78. The minimum absolute atomic E-state index is 0.216. The second kappa shape index (κ2) is 5.26. The molecular weight excluding hydrogens is 219 g/mol. The fraction of sp³-hybridized carbons (Fsp3) is 0.462. The van der Waals surface area contributed by atoms with Gasteiger partial charge in [0.15, 0.2) is 0 Å². The summed E-state index contributed by atoms with van der Waals surface area (Å²) in [5.74, 6) is -0.347. The van der Waals surface area contributed by atoms with Gasteiger partial charge in [-0.2, -0.15) is 5.26 Å². The lowest BCUT2D eigenvalue weighted by molar-refractivity contribution is -0.0212. The number of morpholine rings is 1. The van der Waals surface area contributed by atoms with Crippen molar-refractivity contribution in [2.45, 2.75) is 19.6 Å². The molecule has 4 heteroatoms. The van der Waals surface area contributed by atoms with E-state index in [1.807, 2.05) is 13.0 Å². The van der Waals surface area contributed by atoms with Crippen LogP contribution in [0.2, 0.25) is 0 Å². The summed E-state index contributed by atoms with van der Waals surface area (Å²) in [6.45, 7) is 5.10. The topological polar surface area (TPSA) is 36.3 Å². The van der Waals surface area contributed by atoms with Crippen molar-refractivity contribution >= 4 is 0 Å². The van der Waals surface area contributed by atoms with Gasteiger partial charge in [-0.1, -0.05) is 0 Å². The first-order valence-electron chi connectivity index (χ1n) is 5.71. The molecule has 0 aliphatic carbocycles. The number of halogens is 1. The molecule has 1 saturated heterocycles. The summed E-state index contributed by atoms with van der Waals surface area (Å²) in [7, 11) is 0. The largest absolute Gasteiger partial charge is 0.376 e. The highest BCUT2D eigenvalue weighted by molar-refractivity contribution is 5.33. The second-order valence-corrected chi connectivity index (χ2v) is 4.38. The Hall–Kier alpha value is -1.44. The Morgan fingerprint density at radius 1 is 1.53 bits per heavy atom. The molecule has 1 aromatic rings. The van der Waals surface area contributed by atoms with Gasteiger partial charge >= 0.3 is 0 Å². The van der Waals surface area contributed by atoms with Gasteiger partial charge in [0, 0.05) is 19.6 Å². The number of rotatable bonds is 2. The van der Waals surface area contributed by atoms with E-state index >= 15 is 0 Å². The average Bonchev–Trinajstić information content (AvgIpc) is 2.28. The molecule has 0 spiro atoms. The predicted molar refractivity (Wildman–Crippen MR) is 61.8 cm³/mol. The van der Waals surface area contributed by atoms with E-state index in [1.54, 1.807) is 6.07 Å². The third-order valence-electron chi connectivity index (χ3n) is 2.82. The zero-order chi connectivity index (χ0) is 12.3. The summed E-state index contributed by atoms with van der Waals surface area (Å²) >= 11 is 0. The van der Waals surface area contributed by atoms with Gasteiger partial charge in [0.05, 0.1) is 24.3 Å². The van der Waals surface area contributed by atoms with Gasteiger partial charge in [0.2, 0.25) is 0 Å². The molecule has 0 amide bonds. The molecule has 0 N–H and O–H groups in total. The summed E-state index contributed by atoms with van der Waals surface area (Å²) in [6.07, 6.45) is 0.216. The lowest BCUT2D eigenvalue weighted by Gasteiger charge is -2.31. The summed E-state index contributed by atoms with van der Waals surface area (Å²) < 4.78 is 18.7. The zero-order valence-electron chi connectivity index (χ0n) is 9.82. The maximum Gasteiger partial charge on any atom is 0.124 e. The van der Waals surface area contributed by atoms with Crippen LogP contribution in [-0.4, -0.2) is 30.7 Å². The highest BCUT2D eigenvalue weighted by Gasteiger charge is 2.16. The molecule has 1 unspecified atom stereocenters. The van der Waals surface area contributed by atoms with E-state index in [9.17, 15) is 4.39 Å². The van der Waals surface area contributed by atoms with Crippen LogP contribution in [0.25, 0.3) is 0 Å². The van der Waals surface area contributed by atoms with Gasteiger partial charge in [-0.3, -0.25) is 4.90 Å². The van der Waals surface area contributed by atoms with Crippen molar-refractivity contribution in [1.82, 2.24) is 4.90 Å². The van der Waals surface area contributed by atoms with Gasteiger partial charge in [-0.15, -0.1) is 0 Å². The Balaban J connectivity index is 2.07. The maximum atomic E-state index is 13.3. The van der Waals surface area contributed by atoms with Gasteiger partial charge in [-0.25, -0.2) is 4.39 Å². The first kappa shape index (κ1) is 12.0. The third kappa shape index (κ3) is 3.26. The maximum absolute atomic E-state index is 13.3. The Kier molecular flexibility index (Phi) is 3.72. The van der Waals surface area contributed by atoms with Crippen LogP contribution in [0.4, 0.5) is 4.39 Å². The monoisotopic (exact) mass is 234 g/mol. The molecule has 1 fully saturated rings. The van der Waals surface area contributed by atoms with Crippen molar-refractivity contribution in [2.75, 3.05) is 19.7 Å². The normalized spacial score (nSPS) is 21.1. The molecule has 2 rings (SSSR count). The van der Waals surface area contributed by atoms with Crippen LogP contribution in [0.3, 0.4) is 0 Å². The average molecular weight is 234 g/mol. The standard InChI is InChI=1S/C13H15FN2O/c1-10-8-16(2-3-17-10)9-12-4-11(7-15)5-13(14)6-12/h4-6,10H,2-3,8-9H2,1H3. The molecule has 1 atom stereocenters. The van der Waals surface area contributed by atoms with Crippen molar-refractivity contribution in [3.63, 3.8) is 0 Å². The van der Waals surface area contributed by atoms with Crippen molar-refractivity contribution in [3.8, 4) is 6.07 Å². The second-order valence-electron chi connectivity index (χ2n) is 4.38. The van der Waals surface area contributed by atoms with Crippen molar-refractivity contribution in [3.05, 3.63) is 35.1 Å². The summed E-state index contributed by atoms with van der Waals surface area (Å²) in [5.41, 5.74) is 1.22. The molecule has 0 saturated carbocycles. The number of hydrogen-bond donors (Lipinski definition) is 0. The van der Waals surface area contributed by atoms with Gasteiger partial charge in [0.1, 0.15) is 5.82 Å². The molecule has 0 bridgehead atoms. The first-order valence-corrected chi connectivity index (χ1v) is 5.71. The SMILES string of the molecule is CC1CN(Cc2cc(F)cc(C#N)c2)CCO1. The van der Waals surface area contributed by atoms with E-state index in [0.717, 1.165) is 18.7 Å². The fourth-order valence-electron chi connectivity index (χ4n) is 2.10. The van der Waals surface area contributed by atoms with Crippen LogP contribution in [0.15, 0.2) is 18.2 Å². The Bertz CT molecular complexity index is 442. The molecule has 17 heavy (non-hydrogen) atoms. The van der Waals surface area contributed by atoms with Crippen LogP contribution >= 0.6 is 0 Å². The molecule has 3 nitrogen and oxygen atoms in total. The lowest BCUT2D eigenvalue weighted by atomic mass is 10.1. The third-order valence-corrected chi connectivity index (χ3v) is 2.82. The van der Waals surface area contributed by atoms with Crippen LogP contribution in [-0.2, 0) is 11.3 Å². The van der Waals surface area contributed by atoms with Crippen LogP contribution in [0.1, 0.15) is 18.1 Å². The number of hydrogen-bond acceptors (Lipinski definition) is 3. The van der Waals surface area contributed by atoms with Crippen molar-refractivity contribution in [2.24, 2.45) is 0 Å². The molecule has 0 radical (unpaired) electrons. The van der Waals surface area contributed by atoms with E-state index in [-0.39, 0.29) is 11.9 Å². The van der Waals surface area contributed by atoms with Gasteiger partial charge in [0.25, 0.3) is 0 Å². The van der Waals surface area contributed by atoms with E-state index in [0.29, 0.717) is 18.7 Å². The number of ether oxygens (including phenoxy) is 1. The minimum Gasteiger partial charge on any atom is -0.376 e. The summed E-state index contributed by atoms with van der Waals surface area (Å²) in [6, 6.07) is 6.45. The number of nitriles is 1. The number of nitrogens with zero attached hydrogens (tertiary/aromatic N) is 2. The Morgan fingerprint density at radius 2 is 2.35 bits per heavy atom. The molecule has 0 aromatic heterocycles. The predicted octanol–water partition coefficient (Wildman–Crippen LogP) is 1.92. The lowest BCUT2D eigenvalue weighted by Crippen LogP contribution is -2.40. The quantitative estimate of drug-likeness (QED) is 0.784. The van der Waals surface area contributed by atoms with E-state index < -0.39 is 0 Å². The van der Waals surface area contributed by atoms with E-state index in [4.69, 9.17) is 10.00 Å². The minimum atomic E-state index is -0.347. The Morgan fingerprint density at radius 3 is 3.06 bits per heavy atom. The molecule has 1 heterocycles. The Labute approximate surface area is 100 Å². The van der Waals surface area contributed by atoms with Crippen molar-refractivity contribution < 1.29 is 9.13 Å². The molecule has 90 valence electrons. The van der Waals surface area contributed by atoms with E-state index in [2.05, 4.69) is 4.90 Å². The highest BCUT2D eigenvalue weighted by Crippen LogP contribution is 2.13. The van der Waals surface area contributed by atoms with Crippen molar-refractivity contribution in [1.29, 1.82) is 5.26 Å². The van der Waals surface area contributed by atoms with Crippen LogP contribution < -0.4 is 0 Å². The molecule has 1 aliphatic rings. The van der Waals surface area contributed by atoms with Gasteiger partial charge in [-0.05, 0) is 30.7 Å². The zero-order valence-corrected chi connectivity index (χ0v) is 9.82. The molecule has 1 aliphatic heterocycles. The van der Waals surface area contributed by atoms with Gasteiger partial charge < -0.3 is 4.74 Å². The molecular formula is C13H15FN2O. The van der Waals surface area contributed by atoms with E-state index in [1.165, 1.54) is 12.1 Å². The molecule has 1 aromatic carbocycles. The van der Waals surface area contributed by atoms with Crippen LogP contribution in [0.5, 0.6) is 0 Å². The fourth-order valence-corrected chi connectivity index (χ4v) is 2.10. The highest BCUT2D eigenvalue weighted by atomic mass is 19.1. The van der Waals surface area contributed by atoms with Crippen LogP contribution in [0, 0.1) is 17.1 Å².